The number of nitrogens with one attached hydrogen (secondary N) is 2. The van der Waals surface area contributed by atoms with Gasteiger partial charge in [-0.25, -0.2) is 4.79 Å². The summed E-state index contributed by atoms with van der Waals surface area (Å²) in [5, 5.41) is 6.43. The summed E-state index contributed by atoms with van der Waals surface area (Å²) in [5.41, 5.74) is 3.30. The van der Waals surface area contributed by atoms with E-state index >= 15 is 0 Å². The number of alkyl carbamates (subject to hydrolysis) is 1. The van der Waals surface area contributed by atoms with Crippen LogP contribution in [0.25, 0.3) is 0 Å². The second-order valence-electron chi connectivity index (χ2n) is 6.15. The second-order valence-corrected chi connectivity index (χ2v) is 6.95. The van der Waals surface area contributed by atoms with Crippen molar-refractivity contribution in [3.63, 3.8) is 0 Å². The molecule has 2 N–H and O–H groups in total. The van der Waals surface area contributed by atoms with Gasteiger partial charge in [0.15, 0.2) is 0 Å². The van der Waals surface area contributed by atoms with E-state index in [-0.39, 0.29) is 12.1 Å². The maximum absolute atomic E-state index is 11.8. The van der Waals surface area contributed by atoms with Gasteiger partial charge in [-0.05, 0) is 52.9 Å². The Morgan fingerprint density at radius 3 is 2.62 bits per heavy atom. The first-order chi connectivity index (χ1) is 11.6. The van der Waals surface area contributed by atoms with E-state index in [1.807, 2.05) is 36.4 Å². The Labute approximate surface area is 150 Å². The average molecular weight is 389 g/mol. The minimum absolute atomic E-state index is 0.175. The summed E-state index contributed by atoms with van der Waals surface area (Å²) in [6.07, 6.45) is 1.46. The van der Waals surface area contributed by atoms with Gasteiger partial charge >= 0.3 is 6.09 Å². The van der Waals surface area contributed by atoms with Crippen molar-refractivity contribution in [2.24, 2.45) is 0 Å². The third kappa shape index (κ3) is 4.29. The number of aryl methyl sites for hydroxylation is 1. The fraction of sp³-hybridized carbons (Fsp3) is 0.316. The highest BCUT2D eigenvalue weighted by atomic mass is 79.9. The third-order valence-electron chi connectivity index (χ3n) is 4.22. The first-order valence-corrected chi connectivity index (χ1v) is 8.90. The number of carbonyl (C=O) groups is 1. The molecule has 1 saturated carbocycles. The van der Waals surface area contributed by atoms with Crippen molar-refractivity contribution in [3.8, 4) is 0 Å². The molecule has 3 rings (SSSR count). The zero-order valence-corrected chi connectivity index (χ0v) is 15.2. The Bertz CT molecular complexity index is 700. The van der Waals surface area contributed by atoms with E-state index < -0.39 is 0 Å². The van der Waals surface area contributed by atoms with E-state index in [4.69, 9.17) is 4.74 Å². The zero-order chi connectivity index (χ0) is 16.9. The Kier molecular flexibility index (Phi) is 5.41. The van der Waals surface area contributed by atoms with Crippen molar-refractivity contribution in [3.05, 3.63) is 64.1 Å². The van der Waals surface area contributed by atoms with Gasteiger partial charge in [-0.15, -0.1) is 0 Å². The number of amides is 1. The molecule has 4 nitrogen and oxygen atoms in total. The van der Waals surface area contributed by atoms with Crippen LogP contribution in [-0.4, -0.2) is 18.2 Å². The smallest absolute Gasteiger partial charge is 0.407 e. The van der Waals surface area contributed by atoms with Gasteiger partial charge < -0.3 is 15.4 Å². The minimum Gasteiger partial charge on any atom is -0.445 e. The zero-order valence-electron chi connectivity index (χ0n) is 13.6. The molecule has 2 aromatic carbocycles. The minimum atomic E-state index is -0.348. The van der Waals surface area contributed by atoms with Crippen LogP contribution in [0.5, 0.6) is 0 Å². The molecule has 0 aromatic heterocycles. The molecule has 0 spiro atoms. The summed E-state index contributed by atoms with van der Waals surface area (Å²) in [7, 11) is 0. The fourth-order valence-corrected chi connectivity index (χ4v) is 3.14. The summed E-state index contributed by atoms with van der Waals surface area (Å²) in [4.78, 5) is 11.8. The Morgan fingerprint density at radius 2 is 1.88 bits per heavy atom. The summed E-state index contributed by atoms with van der Waals surface area (Å²) in [6.45, 7) is 2.38. The first kappa shape index (κ1) is 16.8. The standard InChI is InChI=1S/C19H21BrN2O2/c1-13-6-5-9-17(18(13)20)21-15-10-16(11-15)22-19(23)24-12-14-7-3-2-4-8-14/h2-9,15-16,21H,10-12H2,1H3,(H,22,23). The lowest BCUT2D eigenvalue weighted by molar-refractivity contribution is 0.129. The predicted octanol–water partition coefficient (Wildman–Crippen LogP) is 4.63. The lowest BCUT2D eigenvalue weighted by Crippen LogP contribution is -2.49. The normalized spacial score (nSPS) is 19.2. The highest BCUT2D eigenvalue weighted by Crippen LogP contribution is 2.30. The molecule has 0 radical (unpaired) electrons. The van der Waals surface area contributed by atoms with Crippen molar-refractivity contribution in [1.29, 1.82) is 0 Å². The topological polar surface area (TPSA) is 50.4 Å². The molecule has 0 unspecified atom stereocenters. The monoisotopic (exact) mass is 388 g/mol. The van der Waals surface area contributed by atoms with Crippen LogP contribution in [0.15, 0.2) is 53.0 Å². The number of hydrogen-bond donors (Lipinski definition) is 2. The summed E-state index contributed by atoms with van der Waals surface area (Å²) < 4.78 is 6.35. The Morgan fingerprint density at radius 1 is 1.12 bits per heavy atom. The van der Waals surface area contributed by atoms with E-state index in [0.29, 0.717) is 12.6 Å². The molecule has 0 bridgehead atoms. The summed E-state index contributed by atoms with van der Waals surface area (Å²) in [6, 6.07) is 16.4. The van der Waals surface area contributed by atoms with Crippen molar-refractivity contribution in [2.75, 3.05) is 5.32 Å². The highest BCUT2D eigenvalue weighted by Gasteiger charge is 2.31. The number of hydrogen-bond acceptors (Lipinski definition) is 3. The van der Waals surface area contributed by atoms with Gasteiger partial charge in [-0.2, -0.15) is 0 Å². The van der Waals surface area contributed by atoms with Crippen LogP contribution < -0.4 is 10.6 Å². The largest absolute Gasteiger partial charge is 0.445 e. The van der Waals surface area contributed by atoms with E-state index in [1.165, 1.54) is 5.56 Å². The number of benzene rings is 2. The van der Waals surface area contributed by atoms with Gasteiger partial charge in [0, 0.05) is 22.2 Å². The molecular weight excluding hydrogens is 368 g/mol. The van der Waals surface area contributed by atoms with Gasteiger partial charge in [-0.3, -0.25) is 0 Å². The van der Waals surface area contributed by atoms with Crippen LogP contribution in [0.2, 0.25) is 0 Å². The first-order valence-electron chi connectivity index (χ1n) is 8.10. The predicted molar refractivity (Wildman–Crippen MR) is 99.1 cm³/mol. The van der Waals surface area contributed by atoms with Crippen molar-refractivity contribution >= 4 is 27.7 Å². The van der Waals surface area contributed by atoms with Crippen molar-refractivity contribution in [2.45, 2.75) is 38.5 Å². The molecule has 1 aliphatic rings. The van der Waals surface area contributed by atoms with Crippen molar-refractivity contribution in [1.82, 2.24) is 5.32 Å². The van der Waals surface area contributed by atoms with Crippen LogP contribution in [0.4, 0.5) is 10.5 Å². The van der Waals surface area contributed by atoms with E-state index in [2.05, 4.69) is 45.6 Å². The van der Waals surface area contributed by atoms with Gasteiger partial charge in [0.2, 0.25) is 0 Å². The van der Waals surface area contributed by atoms with E-state index in [1.54, 1.807) is 0 Å². The fourth-order valence-electron chi connectivity index (χ4n) is 2.76. The molecule has 1 amide bonds. The van der Waals surface area contributed by atoms with Gasteiger partial charge in [0.05, 0.1) is 0 Å². The molecule has 24 heavy (non-hydrogen) atoms. The Balaban J connectivity index is 1.39. The second kappa shape index (κ2) is 7.71. The van der Waals surface area contributed by atoms with Crippen LogP contribution in [0.1, 0.15) is 24.0 Å². The van der Waals surface area contributed by atoms with Crippen LogP contribution >= 0.6 is 15.9 Å². The maximum atomic E-state index is 11.8. The summed E-state index contributed by atoms with van der Waals surface area (Å²) >= 11 is 3.61. The summed E-state index contributed by atoms with van der Waals surface area (Å²) in [5.74, 6) is 0. The molecule has 126 valence electrons. The lowest BCUT2D eigenvalue weighted by Gasteiger charge is -2.36. The van der Waals surface area contributed by atoms with Crippen molar-refractivity contribution < 1.29 is 9.53 Å². The number of rotatable bonds is 5. The maximum Gasteiger partial charge on any atom is 0.407 e. The molecule has 0 heterocycles. The molecule has 1 aliphatic carbocycles. The number of anilines is 1. The SMILES string of the molecule is Cc1cccc(NC2CC(NC(=O)OCc3ccccc3)C2)c1Br. The van der Waals surface area contributed by atoms with Crippen LogP contribution in [0, 0.1) is 6.92 Å². The van der Waals surface area contributed by atoms with Gasteiger partial charge in [0.1, 0.15) is 6.61 Å². The number of halogens is 1. The number of carbonyl (C=O) groups excluding carboxylic acids is 1. The van der Waals surface area contributed by atoms with Gasteiger partial charge in [0.25, 0.3) is 0 Å². The average Bonchev–Trinajstić information content (AvgIpc) is 2.56. The molecule has 0 aliphatic heterocycles. The lowest BCUT2D eigenvalue weighted by atomic mass is 9.86. The molecule has 5 heteroatoms. The molecule has 1 fully saturated rings. The number of ether oxygens (including phenoxy) is 1. The molecular formula is C19H21BrN2O2. The quantitative estimate of drug-likeness (QED) is 0.784. The molecule has 0 atom stereocenters. The molecule has 2 aromatic rings. The van der Waals surface area contributed by atoms with E-state index in [9.17, 15) is 4.79 Å². The highest BCUT2D eigenvalue weighted by molar-refractivity contribution is 9.10. The van der Waals surface area contributed by atoms with E-state index in [0.717, 1.165) is 28.6 Å². The third-order valence-corrected chi connectivity index (χ3v) is 5.28. The van der Waals surface area contributed by atoms with Gasteiger partial charge in [-0.1, -0.05) is 42.5 Å². The Hall–Kier alpha value is -2.01. The van der Waals surface area contributed by atoms with Crippen LogP contribution in [-0.2, 0) is 11.3 Å². The molecule has 0 saturated heterocycles. The van der Waals surface area contributed by atoms with Crippen LogP contribution in [0.3, 0.4) is 0 Å².